The zero-order chi connectivity index (χ0) is 11.1. The van der Waals surface area contributed by atoms with Crippen LogP contribution in [0.15, 0.2) is 18.5 Å². The number of carbonyl (C=O) groups is 1. The Morgan fingerprint density at radius 1 is 1.47 bits per heavy atom. The molecular weight excluding hydrogens is 199 g/mol. The molecule has 5 nitrogen and oxygen atoms in total. The van der Waals surface area contributed by atoms with E-state index >= 15 is 0 Å². The van der Waals surface area contributed by atoms with Gasteiger partial charge in [0.05, 0.1) is 6.20 Å². The number of aromatic nitrogens is 1. The van der Waals surface area contributed by atoms with E-state index in [1.807, 2.05) is 0 Å². The van der Waals surface area contributed by atoms with E-state index in [9.17, 15) is 9.18 Å². The van der Waals surface area contributed by atoms with Crippen molar-refractivity contribution in [3.63, 3.8) is 0 Å². The van der Waals surface area contributed by atoms with Gasteiger partial charge in [0.2, 0.25) is 0 Å². The van der Waals surface area contributed by atoms with Gasteiger partial charge in [0.15, 0.2) is 0 Å². The molecule has 0 saturated carbocycles. The van der Waals surface area contributed by atoms with Crippen LogP contribution in [0.25, 0.3) is 0 Å². The molecule has 0 saturated heterocycles. The van der Waals surface area contributed by atoms with Crippen molar-refractivity contribution in [2.75, 3.05) is 13.1 Å². The summed E-state index contributed by atoms with van der Waals surface area (Å²) in [5.74, 6) is -0.357. The summed E-state index contributed by atoms with van der Waals surface area (Å²) in [5.41, 5.74) is 5.63. The number of pyridine rings is 1. The van der Waals surface area contributed by atoms with Crippen LogP contribution in [0.5, 0.6) is 0 Å². The number of halogens is 1. The minimum Gasteiger partial charge on any atom is -0.352 e. The maximum Gasteiger partial charge on any atom is 0.312 e. The van der Waals surface area contributed by atoms with Crippen molar-refractivity contribution in [2.45, 2.75) is 6.54 Å². The lowest BCUT2D eigenvalue weighted by Gasteiger charge is -2.04. The number of hydrogen-bond acceptors (Lipinski definition) is 3. The molecular formula is C9H13FN4O. The highest BCUT2D eigenvalue weighted by Crippen LogP contribution is 1.99. The molecule has 0 atom stereocenters. The second-order valence-electron chi connectivity index (χ2n) is 2.98. The van der Waals surface area contributed by atoms with E-state index < -0.39 is 6.03 Å². The summed E-state index contributed by atoms with van der Waals surface area (Å²) in [5, 5.41) is 5.44. The van der Waals surface area contributed by atoms with Crippen molar-refractivity contribution in [3.8, 4) is 0 Å². The minimum absolute atomic E-state index is 0.357. The van der Waals surface area contributed by atoms with Crippen molar-refractivity contribution in [1.82, 2.24) is 15.6 Å². The van der Waals surface area contributed by atoms with Crippen molar-refractivity contribution in [3.05, 3.63) is 29.8 Å². The molecule has 6 heteroatoms. The highest BCUT2D eigenvalue weighted by molar-refractivity contribution is 5.71. The zero-order valence-corrected chi connectivity index (χ0v) is 8.16. The molecule has 82 valence electrons. The highest BCUT2D eigenvalue weighted by atomic mass is 19.1. The molecule has 0 fully saturated rings. The van der Waals surface area contributed by atoms with Gasteiger partial charge in [0, 0.05) is 25.8 Å². The fourth-order valence-electron chi connectivity index (χ4n) is 1.06. The number of nitrogens with one attached hydrogen (secondary N) is 2. The average molecular weight is 212 g/mol. The van der Waals surface area contributed by atoms with Gasteiger partial charge in [-0.05, 0) is 11.6 Å². The fraction of sp³-hybridized carbons (Fsp3) is 0.333. The Bertz CT molecular complexity index is 332. The smallest absolute Gasteiger partial charge is 0.312 e. The standard InChI is InChI=1S/C9H13FN4O/c10-8-3-7(5-13-6-8)4-12-1-2-14-9(11)15/h3,5-6,12H,1-2,4H2,(H3,11,14,15). The molecule has 1 aromatic rings. The predicted molar refractivity (Wildman–Crippen MR) is 53.5 cm³/mol. The molecule has 0 radical (unpaired) electrons. The van der Waals surface area contributed by atoms with Gasteiger partial charge in [-0.3, -0.25) is 4.98 Å². The van der Waals surface area contributed by atoms with Crippen LogP contribution in [0.4, 0.5) is 9.18 Å². The van der Waals surface area contributed by atoms with Gasteiger partial charge < -0.3 is 16.4 Å². The Morgan fingerprint density at radius 2 is 2.27 bits per heavy atom. The first kappa shape index (κ1) is 11.4. The van der Waals surface area contributed by atoms with Gasteiger partial charge in [-0.1, -0.05) is 0 Å². The van der Waals surface area contributed by atoms with Crippen LogP contribution in [0.1, 0.15) is 5.56 Å². The lowest BCUT2D eigenvalue weighted by Crippen LogP contribution is -2.35. The van der Waals surface area contributed by atoms with Crippen molar-refractivity contribution < 1.29 is 9.18 Å². The van der Waals surface area contributed by atoms with E-state index in [2.05, 4.69) is 15.6 Å². The van der Waals surface area contributed by atoms with Crippen LogP contribution in [0.2, 0.25) is 0 Å². The van der Waals surface area contributed by atoms with Gasteiger partial charge in [-0.2, -0.15) is 0 Å². The first-order valence-corrected chi connectivity index (χ1v) is 4.52. The number of amides is 2. The Balaban J connectivity index is 2.17. The van der Waals surface area contributed by atoms with Gasteiger partial charge in [0.25, 0.3) is 0 Å². The van der Waals surface area contributed by atoms with Gasteiger partial charge in [-0.25, -0.2) is 9.18 Å². The topological polar surface area (TPSA) is 80.0 Å². The Labute approximate surface area is 86.9 Å². The second-order valence-corrected chi connectivity index (χ2v) is 2.98. The van der Waals surface area contributed by atoms with E-state index in [0.29, 0.717) is 19.6 Å². The fourth-order valence-corrected chi connectivity index (χ4v) is 1.06. The lowest BCUT2D eigenvalue weighted by atomic mass is 10.3. The number of carbonyl (C=O) groups excluding carboxylic acids is 1. The summed E-state index contributed by atoms with van der Waals surface area (Å²) in [4.78, 5) is 14.0. The molecule has 15 heavy (non-hydrogen) atoms. The summed E-state index contributed by atoms with van der Waals surface area (Å²) < 4.78 is 12.7. The predicted octanol–water partition coefficient (Wildman–Crippen LogP) is -0.0214. The highest BCUT2D eigenvalue weighted by Gasteiger charge is 1.95. The average Bonchev–Trinajstić information content (AvgIpc) is 2.17. The van der Waals surface area contributed by atoms with E-state index in [-0.39, 0.29) is 5.82 Å². The quantitative estimate of drug-likeness (QED) is 0.600. The summed E-state index contributed by atoms with van der Waals surface area (Å²) in [7, 11) is 0. The SMILES string of the molecule is NC(=O)NCCNCc1cncc(F)c1. The number of nitrogens with two attached hydrogens (primary N) is 1. The number of rotatable bonds is 5. The molecule has 1 aromatic heterocycles. The first-order chi connectivity index (χ1) is 7.18. The van der Waals surface area contributed by atoms with Gasteiger partial charge >= 0.3 is 6.03 Å². The number of primary amides is 1. The second kappa shape index (κ2) is 5.92. The molecule has 2 amide bonds. The van der Waals surface area contributed by atoms with Crippen molar-refractivity contribution in [2.24, 2.45) is 5.73 Å². The van der Waals surface area contributed by atoms with Crippen LogP contribution in [0, 0.1) is 5.82 Å². The van der Waals surface area contributed by atoms with Crippen LogP contribution in [-0.4, -0.2) is 24.1 Å². The summed E-state index contributed by atoms with van der Waals surface area (Å²) >= 11 is 0. The van der Waals surface area contributed by atoms with Gasteiger partial charge in [-0.15, -0.1) is 0 Å². The summed E-state index contributed by atoms with van der Waals surface area (Å²) in [6.45, 7) is 1.52. The largest absolute Gasteiger partial charge is 0.352 e. The molecule has 0 aromatic carbocycles. The molecule has 0 unspecified atom stereocenters. The van der Waals surface area contributed by atoms with Crippen LogP contribution >= 0.6 is 0 Å². The van der Waals surface area contributed by atoms with Gasteiger partial charge in [0.1, 0.15) is 5.82 Å². The third-order valence-electron chi connectivity index (χ3n) is 1.69. The Morgan fingerprint density at radius 3 is 2.93 bits per heavy atom. The number of urea groups is 1. The van der Waals surface area contributed by atoms with E-state index in [1.54, 1.807) is 6.20 Å². The first-order valence-electron chi connectivity index (χ1n) is 4.52. The molecule has 1 rings (SSSR count). The number of nitrogens with zero attached hydrogens (tertiary/aromatic N) is 1. The molecule has 0 aliphatic rings. The molecule has 0 spiro atoms. The van der Waals surface area contributed by atoms with Crippen molar-refractivity contribution >= 4 is 6.03 Å². The summed E-state index contributed by atoms with van der Waals surface area (Å²) in [6, 6.07) is 0.853. The number of hydrogen-bond donors (Lipinski definition) is 3. The normalized spacial score (nSPS) is 9.93. The Hall–Kier alpha value is -1.69. The van der Waals surface area contributed by atoms with Crippen LogP contribution in [0.3, 0.4) is 0 Å². The molecule has 0 aliphatic carbocycles. The molecule has 0 bridgehead atoms. The third-order valence-corrected chi connectivity index (χ3v) is 1.69. The maximum absolute atomic E-state index is 12.7. The zero-order valence-electron chi connectivity index (χ0n) is 8.16. The monoisotopic (exact) mass is 212 g/mol. The van der Waals surface area contributed by atoms with Crippen molar-refractivity contribution in [1.29, 1.82) is 0 Å². The molecule has 1 heterocycles. The minimum atomic E-state index is -0.552. The maximum atomic E-state index is 12.7. The van der Waals surface area contributed by atoms with E-state index in [1.165, 1.54) is 6.07 Å². The van der Waals surface area contributed by atoms with Crippen LogP contribution in [-0.2, 0) is 6.54 Å². The van der Waals surface area contributed by atoms with E-state index in [4.69, 9.17) is 5.73 Å². The lowest BCUT2D eigenvalue weighted by molar-refractivity contribution is 0.249. The molecule has 0 aliphatic heterocycles. The van der Waals surface area contributed by atoms with E-state index in [0.717, 1.165) is 11.8 Å². The third kappa shape index (κ3) is 4.92. The molecule has 4 N–H and O–H groups in total. The Kier molecular flexibility index (Phi) is 4.49. The van der Waals surface area contributed by atoms with Crippen LogP contribution < -0.4 is 16.4 Å². The summed E-state index contributed by atoms with van der Waals surface area (Å²) in [6.07, 6.45) is 2.73.